The molecule has 0 fully saturated rings. The van der Waals surface area contributed by atoms with Crippen molar-refractivity contribution in [2.45, 2.75) is 13.0 Å². The molecule has 2 aromatic carbocycles. The number of hydrogen-bond donors (Lipinski definition) is 0. The molecule has 0 aromatic heterocycles. The van der Waals surface area contributed by atoms with Crippen LogP contribution in [0, 0.1) is 0 Å². The fourth-order valence-electron chi connectivity index (χ4n) is 1.68. The Morgan fingerprint density at radius 2 is 1.57 bits per heavy atom. The molecule has 0 amide bonds. The Hall–Kier alpha value is -2.50. The highest BCUT2D eigenvalue weighted by Crippen LogP contribution is 2.25. The summed E-state index contributed by atoms with van der Waals surface area (Å²) in [6.07, 6.45) is -4.00. The summed E-state index contributed by atoms with van der Waals surface area (Å²) in [5, 5.41) is 0. The second-order valence-electron chi connectivity index (χ2n) is 4.12. The molecule has 0 aliphatic rings. The normalized spacial score (nSPS) is 11.0. The summed E-state index contributed by atoms with van der Waals surface area (Å²) in [5.41, 5.74) is 1.21. The Kier molecular flexibility index (Phi) is 4.47. The molecule has 0 atom stereocenters. The Morgan fingerprint density at radius 3 is 2.19 bits per heavy atom. The molecule has 0 aliphatic carbocycles. The molecule has 0 heterocycles. The maximum atomic E-state index is 12.0. The summed E-state index contributed by atoms with van der Waals surface area (Å²) in [6.45, 7) is 0.147. The maximum Gasteiger partial charge on any atom is 0.573 e. The Balaban J connectivity index is 1.99. The van der Waals surface area contributed by atoms with Crippen LogP contribution in [-0.2, 0) is 6.61 Å². The van der Waals surface area contributed by atoms with Gasteiger partial charge in [-0.05, 0) is 29.8 Å². The third kappa shape index (κ3) is 4.52. The molecular weight excluding hydrogens is 285 g/mol. The van der Waals surface area contributed by atoms with Crippen molar-refractivity contribution < 1.29 is 27.4 Å². The molecule has 0 aliphatic heterocycles. The van der Waals surface area contributed by atoms with E-state index in [1.54, 1.807) is 24.3 Å². The van der Waals surface area contributed by atoms with E-state index in [0.717, 1.165) is 18.4 Å². The molecule has 0 radical (unpaired) electrons. The van der Waals surface area contributed by atoms with Crippen molar-refractivity contribution in [3.63, 3.8) is 0 Å². The van der Waals surface area contributed by atoms with E-state index in [1.807, 2.05) is 0 Å². The van der Waals surface area contributed by atoms with Gasteiger partial charge >= 0.3 is 6.36 Å². The van der Waals surface area contributed by atoms with Crippen LogP contribution in [0.5, 0.6) is 11.5 Å². The zero-order valence-corrected chi connectivity index (χ0v) is 10.8. The minimum Gasteiger partial charge on any atom is -0.489 e. The van der Waals surface area contributed by atoms with Crippen molar-refractivity contribution in [1.82, 2.24) is 0 Å². The Bertz CT molecular complexity index is 606. The van der Waals surface area contributed by atoms with Crippen LogP contribution in [0.2, 0.25) is 0 Å². The fraction of sp³-hybridized carbons (Fsp3) is 0.133. The second kappa shape index (κ2) is 6.30. The Morgan fingerprint density at radius 1 is 0.952 bits per heavy atom. The molecular formula is C15H11F3O3. The van der Waals surface area contributed by atoms with Crippen LogP contribution in [0.25, 0.3) is 0 Å². The minimum atomic E-state index is -4.72. The van der Waals surface area contributed by atoms with Crippen molar-refractivity contribution in [3.8, 4) is 11.5 Å². The summed E-state index contributed by atoms with van der Waals surface area (Å²) in [4.78, 5) is 10.8. The van der Waals surface area contributed by atoms with Gasteiger partial charge < -0.3 is 9.47 Å². The summed E-state index contributed by atoms with van der Waals surface area (Å²) in [7, 11) is 0. The molecule has 2 aromatic rings. The summed E-state index contributed by atoms with van der Waals surface area (Å²) >= 11 is 0. The molecule has 110 valence electrons. The van der Waals surface area contributed by atoms with Crippen molar-refractivity contribution in [2.24, 2.45) is 0 Å². The molecule has 3 nitrogen and oxygen atoms in total. The fourth-order valence-corrected chi connectivity index (χ4v) is 1.68. The van der Waals surface area contributed by atoms with Gasteiger partial charge in [-0.3, -0.25) is 4.79 Å². The summed E-state index contributed by atoms with van der Waals surface area (Å²) in [6, 6.07) is 12.0. The SMILES string of the molecule is O=Cc1ccccc1COc1ccc(OC(F)(F)F)cc1. The number of benzene rings is 2. The quantitative estimate of drug-likeness (QED) is 0.783. The van der Waals surface area contributed by atoms with Crippen LogP contribution in [0.1, 0.15) is 15.9 Å². The number of rotatable bonds is 5. The van der Waals surface area contributed by atoms with Gasteiger partial charge in [0.1, 0.15) is 24.4 Å². The summed E-state index contributed by atoms with van der Waals surface area (Å²) < 4.78 is 45.2. The number of hydrogen-bond acceptors (Lipinski definition) is 3. The predicted octanol–water partition coefficient (Wildman–Crippen LogP) is 3.98. The highest BCUT2D eigenvalue weighted by atomic mass is 19.4. The molecule has 6 heteroatoms. The molecule has 0 N–H and O–H groups in total. The average molecular weight is 296 g/mol. The monoisotopic (exact) mass is 296 g/mol. The van der Waals surface area contributed by atoms with Gasteiger partial charge in [-0.25, -0.2) is 0 Å². The molecule has 0 bridgehead atoms. The van der Waals surface area contributed by atoms with Gasteiger partial charge in [-0.15, -0.1) is 13.2 Å². The van der Waals surface area contributed by atoms with E-state index in [9.17, 15) is 18.0 Å². The van der Waals surface area contributed by atoms with Crippen LogP contribution in [-0.4, -0.2) is 12.6 Å². The lowest BCUT2D eigenvalue weighted by atomic mass is 10.1. The van der Waals surface area contributed by atoms with Crippen molar-refractivity contribution in [2.75, 3.05) is 0 Å². The highest BCUT2D eigenvalue weighted by Gasteiger charge is 2.30. The zero-order chi connectivity index (χ0) is 15.3. The van der Waals surface area contributed by atoms with Gasteiger partial charge in [-0.1, -0.05) is 24.3 Å². The zero-order valence-electron chi connectivity index (χ0n) is 10.8. The third-order valence-electron chi connectivity index (χ3n) is 2.63. The van der Waals surface area contributed by atoms with E-state index in [1.165, 1.54) is 12.1 Å². The number of alkyl halides is 3. The van der Waals surface area contributed by atoms with E-state index < -0.39 is 6.36 Å². The first-order valence-corrected chi connectivity index (χ1v) is 5.99. The number of ether oxygens (including phenoxy) is 2. The van der Waals surface area contributed by atoms with Gasteiger partial charge in [-0.2, -0.15) is 0 Å². The topological polar surface area (TPSA) is 35.5 Å². The van der Waals surface area contributed by atoms with Crippen LogP contribution < -0.4 is 9.47 Å². The van der Waals surface area contributed by atoms with E-state index in [-0.39, 0.29) is 12.4 Å². The smallest absolute Gasteiger partial charge is 0.489 e. The number of carbonyl (C=O) groups is 1. The van der Waals surface area contributed by atoms with E-state index in [0.29, 0.717) is 16.9 Å². The highest BCUT2D eigenvalue weighted by molar-refractivity contribution is 5.77. The van der Waals surface area contributed by atoms with Gasteiger partial charge in [0.25, 0.3) is 0 Å². The first kappa shape index (κ1) is 14.9. The Labute approximate surface area is 118 Å². The predicted molar refractivity (Wildman–Crippen MR) is 69.3 cm³/mol. The van der Waals surface area contributed by atoms with Gasteiger partial charge in [0, 0.05) is 5.56 Å². The van der Waals surface area contributed by atoms with Crippen LogP contribution in [0.4, 0.5) is 13.2 Å². The molecule has 0 saturated carbocycles. The lowest BCUT2D eigenvalue weighted by Gasteiger charge is -2.10. The standard InChI is InChI=1S/C15H11F3O3/c16-15(17,18)21-14-7-5-13(6-8-14)20-10-12-4-2-1-3-11(12)9-19/h1-9H,10H2. The van der Waals surface area contributed by atoms with Gasteiger partial charge in [0.05, 0.1) is 0 Å². The molecule has 0 saturated heterocycles. The summed E-state index contributed by atoms with van der Waals surface area (Å²) in [5.74, 6) is 0.0633. The maximum absolute atomic E-state index is 12.0. The average Bonchev–Trinajstić information content (AvgIpc) is 2.45. The number of aldehydes is 1. The first-order valence-electron chi connectivity index (χ1n) is 5.99. The van der Waals surface area contributed by atoms with Crippen LogP contribution in [0.15, 0.2) is 48.5 Å². The van der Waals surface area contributed by atoms with E-state index in [4.69, 9.17) is 4.74 Å². The van der Waals surface area contributed by atoms with Crippen molar-refractivity contribution >= 4 is 6.29 Å². The number of carbonyl (C=O) groups excluding carboxylic acids is 1. The van der Waals surface area contributed by atoms with Crippen LogP contribution in [0.3, 0.4) is 0 Å². The first-order chi connectivity index (χ1) is 9.98. The second-order valence-corrected chi connectivity index (χ2v) is 4.12. The molecule has 21 heavy (non-hydrogen) atoms. The van der Waals surface area contributed by atoms with E-state index in [2.05, 4.69) is 4.74 Å². The molecule has 2 rings (SSSR count). The lowest BCUT2D eigenvalue weighted by molar-refractivity contribution is -0.274. The third-order valence-corrected chi connectivity index (χ3v) is 2.63. The molecule has 0 unspecified atom stereocenters. The van der Waals surface area contributed by atoms with Crippen molar-refractivity contribution in [1.29, 1.82) is 0 Å². The minimum absolute atomic E-state index is 0.147. The van der Waals surface area contributed by atoms with Crippen LogP contribution >= 0.6 is 0 Å². The van der Waals surface area contributed by atoms with E-state index >= 15 is 0 Å². The number of halogens is 3. The molecule has 0 spiro atoms. The lowest BCUT2D eigenvalue weighted by Crippen LogP contribution is -2.16. The van der Waals surface area contributed by atoms with Gasteiger partial charge in [0.15, 0.2) is 0 Å². The van der Waals surface area contributed by atoms with Gasteiger partial charge in [0.2, 0.25) is 0 Å². The van der Waals surface area contributed by atoms with Crippen molar-refractivity contribution in [3.05, 3.63) is 59.7 Å². The largest absolute Gasteiger partial charge is 0.573 e.